The number of ether oxygens (including phenoxy) is 3. The van der Waals surface area contributed by atoms with E-state index in [2.05, 4.69) is 9.47 Å². The average Bonchev–Trinajstić information content (AvgIpc) is 3.84. The molecule has 3 aromatic rings. The third kappa shape index (κ3) is 5.93. The molecule has 0 aliphatic carbocycles. The highest BCUT2D eigenvalue weighted by Gasteiger charge is 2.40. The van der Waals surface area contributed by atoms with Crippen molar-refractivity contribution in [2.24, 2.45) is 0 Å². The molecular weight excluding hydrogens is 648 g/mol. The van der Waals surface area contributed by atoms with E-state index in [0.29, 0.717) is 10.4 Å². The monoisotopic (exact) mass is 661 g/mol. The molecule has 1 heterocycles. The molecular formula is C25H13F10NO7S. The van der Waals surface area contributed by atoms with Crippen molar-refractivity contribution in [2.45, 2.75) is 24.0 Å². The number of carbonyl (C=O) groups is 2. The van der Waals surface area contributed by atoms with Crippen LogP contribution in [0.1, 0.15) is 17.3 Å². The van der Waals surface area contributed by atoms with E-state index < -0.39 is 121 Å². The van der Waals surface area contributed by atoms with E-state index in [1.54, 1.807) is 0 Å². The van der Waals surface area contributed by atoms with Gasteiger partial charge >= 0.3 is 11.9 Å². The summed E-state index contributed by atoms with van der Waals surface area (Å²) >= 11 is 0. The Bertz CT molecular complexity index is 1740. The van der Waals surface area contributed by atoms with Crippen LogP contribution in [-0.4, -0.2) is 50.0 Å². The molecule has 0 spiro atoms. The minimum absolute atomic E-state index is 0.0281. The fourth-order valence-corrected chi connectivity index (χ4v) is 5.22. The standard InChI is InChI=1S/C25H13F10NO7S/c1-8(24(37)42-22-18(32)14(28)12(26)15(29)19(22)33)36(6-10-7-41-10)44(39,40)11-4-2-3-9(5-11)25(38)43-23-20(34)16(30)13(27)17(31)21(23)35/h2-5,8,10H,6-7H2,1H3/t8-,10?/m0/s1. The third-order valence-corrected chi connectivity index (χ3v) is 7.90. The van der Waals surface area contributed by atoms with E-state index in [-0.39, 0.29) is 6.61 Å². The molecule has 1 fully saturated rings. The van der Waals surface area contributed by atoms with Gasteiger partial charge in [0.25, 0.3) is 0 Å². The van der Waals surface area contributed by atoms with Crippen molar-refractivity contribution in [3.8, 4) is 11.5 Å². The summed E-state index contributed by atoms with van der Waals surface area (Å²) in [6.45, 7) is 0.143. The van der Waals surface area contributed by atoms with Crippen LogP contribution in [0.5, 0.6) is 11.5 Å². The number of esters is 2. The van der Waals surface area contributed by atoms with Crippen LogP contribution in [-0.2, 0) is 19.6 Å². The van der Waals surface area contributed by atoms with Crippen molar-refractivity contribution in [1.82, 2.24) is 4.31 Å². The number of hydrogen-bond acceptors (Lipinski definition) is 7. The lowest BCUT2D eigenvalue weighted by atomic mass is 10.2. The van der Waals surface area contributed by atoms with Crippen LogP contribution in [0.25, 0.3) is 0 Å². The van der Waals surface area contributed by atoms with Crippen molar-refractivity contribution in [1.29, 1.82) is 0 Å². The minimum atomic E-state index is -4.97. The Morgan fingerprint density at radius 3 is 1.68 bits per heavy atom. The van der Waals surface area contributed by atoms with Gasteiger partial charge in [0, 0.05) is 6.54 Å². The predicted octanol–water partition coefficient (Wildman–Crippen LogP) is 4.68. The Balaban J connectivity index is 1.65. The van der Waals surface area contributed by atoms with Gasteiger partial charge in [-0.05, 0) is 25.1 Å². The summed E-state index contributed by atoms with van der Waals surface area (Å²) in [5.74, 6) is -32.6. The first kappa shape index (κ1) is 32.7. The van der Waals surface area contributed by atoms with Gasteiger partial charge in [-0.15, -0.1) is 0 Å². The summed E-state index contributed by atoms with van der Waals surface area (Å²) in [6, 6.07) is 0.997. The van der Waals surface area contributed by atoms with Crippen LogP contribution in [0.15, 0.2) is 29.2 Å². The van der Waals surface area contributed by atoms with Gasteiger partial charge < -0.3 is 14.2 Å². The highest BCUT2D eigenvalue weighted by atomic mass is 32.2. The van der Waals surface area contributed by atoms with Crippen LogP contribution >= 0.6 is 0 Å². The van der Waals surface area contributed by atoms with Crippen LogP contribution < -0.4 is 9.47 Å². The van der Waals surface area contributed by atoms with Crippen LogP contribution in [0.3, 0.4) is 0 Å². The molecule has 44 heavy (non-hydrogen) atoms. The molecule has 0 aromatic heterocycles. The Kier molecular flexibility index (Phi) is 8.94. The van der Waals surface area contributed by atoms with Gasteiger partial charge in [0.15, 0.2) is 0 Å². The van der Waals surface area contributed by atoms with E-state index in [0.717, 1.165) is 25.1 Å². The molecule has 0 amide bonds. The van der Waals surface area contributed by atoms with Gasteiger partial charge in [-0.2, -0.15) is 21.9 Å². The molecule has 1 aliphatic heterocycles. The van der Waals surface area contributed by atoms with Crippen molar-refractivity contribution in [3.05, 3.63) is 88.0 Å². The van der Waals surface area contributed by atoms with Crippen LogP contribution in [0, 0.1) is 58.2 Å². The molecule has 19 heteroatoms. The lowest BCUT2D eigenvalue weighted by Crippen LogP contribution is -2.46. The molecule has 0 radical (unpaired) electrons. The van der Waals surface area contributed by atoms with Crippen molar-refractivity contribution < 1.29 is 76.1 Å². The maximum Gasteiger partial charge on any atom is 0.343 e. The first-order chi connectivity index (χ1) is 20.5. The van der Waals surface area contributed by atoms with E-state index in [1.165, 1.54) is 0 Å². The Morgan fingerprint density at radius 2 is 1.23 bits per heavy atom. The van der Waals surface area contributed by atoms with Crippen LogP contribution in [0.2, 0.25) is 0 Å². The van der Waals surface area contributed by atoms with E-state index >= 15 is 0 Å². The minimum Gasteiger partial charge on any atom is -0.419 e. The molecule has 1 saturated heterocycles. The Hall–Kier alpha value is -4.23. The second-order valence-corrected chi connectivity index (χ2v) is 10.7. The molecule has 8 nitrogen and oxygen atoms in total. The van der Waals surface area contributed by atoms with Gasteiger partial charge in [-0.3, -0.25) is 0 Å². The summed E-state index contributed by atoms with van der Waals surface area (Å²) in [5.41, 5.74) is -0.811. The molecule has 1 unspecified atom stereocenters. The number of benzene rings is 3. The lowest BCUT2D eigenvalue weighted by Gasteiger charge is -2.26. The Morgan fingerprint density at radius 1 is 0.795 bits per heavy atom. The number of rotatable bonds is 9. The van der Waals surface area contributed by atoms with Crippen molar-refractivity contribution in [2.75, 3.05) is 13.2 Å². The zero-order valence-electron chi connectivity index (χ0n) is 21.4. The molecule has 3 aromatic carbocycles. The van der Waals surface area contributed by atoms with Gasteiger partial charge in [-0.25, -0.2) is 44.3 Å². The summed E-state index contributed by atoms with van der Waals surface area (Å²) < 4.78 is 177. The summed E-state index contributed by atoms with van der Waals surface area (Å²) in [5, 5.41) is 0. The molecule has 236 valence electrons. The molecule has 0 bridgehead atoms. The SMILES string of the molecule is C[C@@H](C(=O)Oc1c(F)c(F)c(F)c(F)c1F)N(CC1CO1)S(=O)(=O)c1cccc(C(=O)Oc2c(F)c(F)c(F)c(F)c2F)c1. The molecule has 4 rings (SSSR count). The summed E-state index contributed by atoms with van der Waals surface area (Å²) in [7, 11) is -4.97. The molecule has 0 N–H and O–H groups in total. The molecule has 2 atom stereocenters. The highest BCUT2D eigenvalue weighted by Crippen LogP contribution is 2.32. The zero-order valence-corrected chi connectivity index (χ0v) is 22.2. The van der Waals surface area contributed by atoms with E-state index in [4.69, 9.17) is 4.74 Å². The lowest BCUT2D eigenvalue weighted by molar-refractivity contribution is -0.138. The third-order valence-electron chi connectivity index (χ3n) is 5.97. The average molecular weight is 661 g/mol. The first-order valence-corrected chi connectivity index (χ1v) is 13.1. The normalized spacial score (nSPS) is 15.3. The second-order valence-electron chi connectivity index (χ2n) is 8.84. The number of carbonyl (C=O) groups excluding carboxylic acids is 2. The zero-order chi connectivity index (χ0) is 32.8. The number of sulfonamides is 1. The first-order valence-electron chi connectivity index (χ1n) is 11.7. The maximum atomic E-state index is 14.0. The quantitative estimate of drug-likeness (QED) is 0.0820. The summed E-state index contributed by atoms with van der Waals surface area (Å²) in [4.78, 5) is 24.3. The molecule has 1 aliphatic rings. The fraction of sp³-hybridized carbons (Fsp3) is 0.200. The van der Waals surface area contributed by atoms with Gasteiger partial charge in [-0.1, -0.05) is 6.07 Å². The smallest absolute Gasteiger partial charge is 0.343 e. The van der Waals surface area contributed by atoms with Crippen molar-refractivity contribution >= 4 is 22.0 Å². The molecule has 0 saturated carbocycles. The second kappa shape index (κ2) is 12.0. The number of epoxide rings is 1. The van der Waals surface area contributed by atoms with Gasteiger partial charge in [0.2, 0.25) is 79.7 Å². The van der Waals surface area contributed by atoms with Gasteiger partial charge in [0.05, 0.1) is 23.2 Å². The topological polar surface area (TPSA) is 103 Å². The van der Waals surface area contributed by atoms with Crippen molar-refractivity contribution in [3.63, 3.8) is 0 Å². The Labute approximate surface area is 239 Å². The highest BCUT2D eigenvalue weighted by molar-refractivity contribution is 7.89. The van der Waals surface area contributed by atoms with Crippen LogP contribution in [0.4, 0.5) is 43.9 Å². The van der Waals surface area contributed by atoms with E-state index in [1.807, 2.05) is 0 Å². The maximum absolute atomic E-state index is 14.0. The largest absolute Gasteiger partial charge is 0.419 e. The summed E-state index contributed by atoms with van der Waals surface area (Å²) in [6.07, 6.45) is -0.837. The predicted molar refractivity (Wildman–Crippen MR) is 123 cm³/mol. The van der Waals surface area contributed by atoms with Gasteiger partial charge in [0.1, 0.15) is 6.04 Å². The number of nitrogens with zero attached hydrogens (tertiary/aromatic N) is 1. The van der Waals surface area contributed by atoms with E-state index in [9.17, 15) is 61.9 Å². The number of halogens is 10. The fourth-order valence-electron chi connectivity index (χ4n) is 3.56. The number of hydrogen-bond donors (Lipinski definition) is 0.